The third-order valence-corrected chi connectivity index (χ3v) is 7.54. The SMILES string of the molecule is O=C(C1CC1)N1CCN(c2nc(-c3ccco3)nc3sc4c(c23)CCCC4)CC1. The van der Waals surface area contributed by atoms with Crippen molar-refractivity contribution in [2.24, 2.45) is 5.92 Å². The highest BCUT2D eigenvalue weighted by Crippen LogP contribution is 2.41. The van der Waals surface area contributed by atoms with Crippen LogP contribution < -0.4 is 4.90 Å². The molecule has 0 atom stereocenters. The Morgan fingerprint density at radius 1 is 1.10 bits per heavy atom. The van der Waals surface area contributed by atoms with Crippen LogP contribution in [0.4, 0.5) is 5.82 Å². The van der Waals surface area contributed by atoms with E-state index in [0.29, 0.717) is 23.4 Å². The normalized spacial score (nSPS) is 19.6. The second-order valence-electron chi connectivity index (χ2n) is 8.33. The molecule has 0 radical (unpaired) electrons. The molecule has 0 unspecified atom stereocenters. The summed E-state index contributed by atoms with van der Waals surface area (Å²) in [4.78, 5) is 29.3. The van der Waals surface area contributed by atoms with E-state index in [1.807, 2.05) is 28.4 Å². The Bertz CT molecular complexity index is 1060. The lowest BCUT2D eigenvalue weighted by atomic mass is 9.97. The predicted molar refractivity (Wildman–Crippen MR) is 113 cm³/mol. The van der Waals surface area contributed by atoms with Crippen molar-refractivity contribution in [2.45, 2.75) is 38.5 Å². The molecule has 29 heavy (non-hydrogen) atoms. The molecule has 1 amide bonds. The van der Waals surface area contributed by atoms with Crippen LogP contribution in [-0.4, -0.2) is 47.0 Å². The molecule has 4 heterocycles. The minimum Gasteiger partial charge on any atom is -0.461 e. The van der Waals surface area contributed by atoms with Gasteiger partial charge in [0.2, 0.25) is 5.91 Å². The summed E-state index contributed by atoms with van der Waals surface area (Å²) in [6.07, 6.45) is 8.57. The Labute approximate surface area is 173 Å². The molecule has 6 rings (SSSR count). The average molecular weight is 409 g/mol. The number of carbonyl (C=O) groups excluding carboxylic acids is 1. The first-order valence-electron chi connectivity index (χ1n) is 10.7. The van der Waals surface area contributed by atoms with Gasteiger partial charge in [0.05, 0.1) is 11.6 Å². The van der Waals surface area contributed by atoms with E-state index in [2.05, 4.69) is 4.90 Å². The van der Waals surface area contributed by atoms with Crippen molar-refractivity contribution in [2.75, 3.05) is 31.1 Å². The number of anilines is 1. The fraction of sp³-hybridized carbons (Fsp3) is 0.500. The lowest BCUT2D eigenvalue weighted by Crippen LogP contribution is -2.49. The number of carbonyl (C=O) groups is 1. The third kappa shape index (κ3) is 3.03. The molecule has 2 aliphatic carbocycles. The van der Waals surface area contributed by atoms with Gasteiger partial charge in [0.25, 0.3) is 0 Å². The van der Waals surface area contributed by atoms with Gasteiger partial charge < -0.3 is 14.2 Å². The van der Waals surface area contributed by atoms with Crippen molar-refractivity contribution in [3.8, 4) is 11.6 Å². The Balaban J connectivity index is 1.39. The summed E-state index contributed by atoms with van der Waals surface area (Å²) in [5.41, 5.74) is 1.45. The van der Waals surface area contributed by atoms with Crippen molar-refractivity contribution in [3.63, 3.8) is 0 Å². The molecule has 0 N–H and O–H groups in total. The minimum atomic E-state index is 0.293. The molecule has 1 saturated heterocycles. The molecule has 3 aromatic rings. The number of thiophene rings is 1. The lowest BCUT2D eigenvalue weighted by molar-refractivity contribution is -0.132. The van der Waals surface area contributed by atoms with Crippen LogP contribution >= 0.6 is 11.3 Å². The standard InChI is InChI=1S/C22H24N4O2S/c27-22(14-7-8-14)26-11-9-25(10-12-26)20-18-15-4-1-2-6-17(15)29-21(18)24-19(23-20)16-5-3-13-28-16/h3,5,13-14H,1-2,4,6-12H2. The maximum absolute atomic E-state index is 12.4. The van der Waals surface area contributed by atoms with Gasteiger partial charge in [-0.25, -0.2) is 9.97 Å². The van der Waals surface area contributed by atoms with E-state index in [1.54, 1.807) is 6.26 Å². The van der Waals surface area contributed by atoms with E-state index < -0.39 is 0 Å². The van der Waals surface area contributed by atoms with Crippen LogP contribution in [0.15, 0.2) is 22.8 Å². The molecule has 150 valence electrons. The van der Waals surface area contributed by atoms with E-state index in [-0.39, 0.29) is 0 Å². The Hall–Kier alpha value is -2.41. The number of aryl methyl sites for hydroxylation is 2. The van der Waals surface area contributed by atoms with Crippen molar-refractivity contribution in [1.29, 1.82) is 0 Å². The molecule has 0 aromatic carbocycles. The van der Waals surface area contributed by atoms with Gasteiger partial charge in [0.1, 0.15) is 10.6 Å². The molecule has 7 heteroatoms. The molecular weight excluding hydrogens is 384 g/mol. The van der Waals surface area contributed by atoms with Crippen molar-refractivity contribution < 1.29 is 9.21 Å². The highest BCUT2D eigenvalue weighted by Gasteiger charge is 2.35. The summed E-state index contributed by atoms with van der Waals surface area (Å²) in [5.74, 6) is 3.04. The van der Waals surface area contributed by atoms with Gasteiger partial charge in [0, 0.05) is 37.0 Å². The smallest absolute Gasteiger partial charge is 0.225 e. The van der Waals surface area contributed by atoms with Crippen LogP contribution in [0.2, 0.25) is 0 Å². The summed E-state index contributed by atoms with van der Waals surface area (Å²) in [6.45, 7) is 3.21. The number of piperazine rings is 1. The van der Waals surface area contributed by atoms with Gasteiger partial charge in [0.15, 0.2) is 11.6 Å². The van der Waals surface area contributed by atoms with Crippen molar-refractivity contribution in [1.82, 2.24) is 14.9 Å². The highest BCUT2D eigenvalue weighted by molar-refractivity contribution is 7.19. The Morgan fingerprint density at radius 3 is 2.69 bits per heavy atom. The maximum Gasteiger partial charge on any atom is 0.225 e. The van der Waals surface area contributed by atoms with Crippen molar-refractivity contribution >= 4 is 33.3 Å². The molecule has 2 fully saturated rings. The topological polar surface area (TPSA) is 62.5 Å². The summed E-state index contributed by atoms with van der Waals surface area (Å²) in [6, 6.07) is 3.80. The minimum absolute atomic E-state index is 0.293. The predicted octanol–water partition coefficient (Wildman–Crippen LogP) is 3.89. The Morgan fingerprint density at radius 2 is 1.93 bits per heavy atom. The number of nitrogens with zero attached hydrogens (tertiary/aromatic N) is 4. The van der Waals surface area contributed by atoms with Gasteiger partial charge in [-0.3, -0.25) is 4.79 Å². The zero-order valence-electron chi connectivity index (χ0n) is 16.4. The van der Waals surface area contributed by atoms with E-state index >= 15 is 0 Å². The first-order chi connectivity index (χ1) is 14.3. The monoisotopic (exact) mass is 408 g/mol. The van der Waals surface area contributed by atoms with Gasteiger partial charge in [-0.2, -0.15) is 0 Å². The first kappa shape index (κ1) is 17.4. The maximum atomic E-state index is 12.4. The summed E-state index contributed by atoms with van der Waals surface area (Å²) in [5, 5.41) is 1.24. The fourth-order valence-corrected chi connectivity index (χ4v) is 5.87. The van der Waals surface area contributed by atoms with E-state index in [0.717, 1.165) is 62.5 Å². The van der Waals surface area contributed by atoms with Gasteiger partial charge in [-0.15, -0.1) is 11.3 Å². The third-order valence-electron chi connectivity index (χ3n) is 6.35. The summed E-state index contributed by atoms with van der Waals surface area (Å²) in [7, 11) is 0. The molecule has 3 aromatic heterocycles. The van der Waals surface area contributed by atoms with Crippen LogP contribution in [0.5, 0.6) is 0 Å². The molecule has 1 saturated carbocycles. The van der Waals surface area contributed by atoms with Gasteiger partial charge in [-0.1, -0.05) is 0 Å². The van der Waals surface area contributed by atoms with Gasteiger partial charge >= 0.3 is 0 Å². The van der Waals surface area contributed by atoms with Crippen LogP contribution in [0.25, 0.3) is 21.8 Å². The number of furan rings is 1. The molecular formula is C22H24N4O2S. The van der Waals surface area contributed by atoms with Crippen LogP contribution in [-0.2, 0) is 17.6 Å². The van der Waals surface area contributed by atoms with Crippen LogP contribution in [0, 0.1) is 5.92 Å². The van der Waals surface area contributed by atoms with Crippen molar-refractivity contribution in [3.05, 3.63) is 28.8 Å². The first-order valence-corrected chi connectivity index (χ1v) is 11.5. The number of rotatable bonds is 3. The molecule has 0 spiro atoms. The molecule has 6 nitrogen and oxygen atoms in total. The zero-order valence-corrected chi connectivity index (χ0v) is 17.2. The van der Waals surface area contributed by atoms with Gasteiger partial charge in [-0.05, 0) is 56.2 Å². The number of hydrogen-bond acceptors (Lipinski definition) is 6. The molecule has 1 aliphatic heterocycles. The number of fused-ring (bicyclic) bond motifs is 3. The largest absolute Gasteiger partial charge is 0.461 e. The molecule has 3 aliphatic rings. The van der Waals surface area contributed by atoms with E-state index in [1.165, 1.54) is 28.7 Å². The second kappa shape index (κ2) is 6.83. The lowest BCUT2D eigenvalue weighted by Gasteiger charge is -2.36. The Kier molecular flexibility index (Phi) is 4.11. The fourth-order valence-electron chi connectivity index (χ4n) is 4.61. The summed E-state index contributed by atoms with van der Waals surface area (Å²) < 4.78 is 5.60. The molecule has 0 bridgehead atoms. The highest BCUT2D eigenvalue weighted by atomic mass is 32.1. The number of hydrogen-bond donors (Lipinski definition) is 0. The zero-order chi connectivity index (χ0) is 19.4. The van der Waals surface area contributed by atoms with E-state index in [9.17, 15) is 4.79 Å². The second-order valence-corrected chi connectivity index (χ2v) is 9.41. The average Bonchev–Trinajstić information content (AvgIpc) is 3.33. The summed E-state index contributed by atoms with van der Waals surface area (Å²) >= 11 is 1.82. The quantitative estimate of drug-likeness (QED) is 0.658. The van der Waals surface area contributed by atoms with Crippen LogP contribution in [0.3, 0.4) is 0 Å². The number of aromatic nitrogens is 2. The van der Waals surface area contributed by atoms with E-state index in [4.69, 9.17) is 14.4 Å². The number of amides is 1. The van der Waals surface area contributed by atoms with Crippen LogP contribution in [0.1, 0.15) is 36.1 Å².